The summed E-state index contributed by atoms with van der Waals surface area (Å²) < 4.78 is 20.1. The molecule has 0 saturated heterocycles. The monoisotopic (exact) mass is 466 g/mol. The van der Waals surface area contributed by atoms with Gasteiger partial charge in [0.1, 0.15) is 11.5 Å². The molecule has 12 nitrogen and oxygen atoms in total. The molecule has 33 heavy (non-hydrogen) atoms. The van der Waals surface area contributed by atoms with E-state index in [9.17, 15) is 0 Å². The maximum Gasteiger partial charge on any atom is 0.373 e. The Balaban J connectivity index is -0.000000174. The number of rotatable bonds is 4. The summed E-state index contributed by atoms with van der Waals surface area (Å²) >= 11 is 0. The highest BCUT2D eigenvalue weighted by atomic mass is 16.5. The number of hydrogen-bond donors (Lipinski definition) is 0. The summed E-state index contributed by atoms with van der Waals surface area (Å²) in [5.41, 5.74) is 1.17. The lowest BCUT2D eigenvalue weighted by molar-refractivity contribution is -0.193. The smallest absolute Gasteiger partial charge is 0.373 e. The summed E-state index contributed by atoms with van der Waals surface area (Å²) in [5, 5.41) is 0. The standard InChI is InChI=1S/C9H12O2.C8H10O2.4CO2/c1-7-4-5-8(10-2)9(6-7)11-3;1-9-7-4-3-5-8(6-7)10-2;4*2-1-3/h4-6H,1-3H3;3-6H,1-2H3;;;;. The molecule has 178 valence electrons. The first-order valence-electron chi connectivity index (χ1n) is 8.14. The van der Waals surface area contributed by atoms with Crippen molar-refractivity contribution < 1.29 is 57.3 Å². The molecule has 2 aromatic rings. The lowest BCUT2D eigenvalue weighted by Crippen LogP contribution is -1.90. The first-order chi connectivity index (χ1) is 15.8. The topological polar surface area (TPSA) is 173 Å². The summed E-state index contributed by atoms with van der Waals surface area (Å²) in [6.45, 7) is 2.02. The van der Waals surface area contributed by atoms with Crippen molar-refractivity contribution in [3.8, 4) is 23.0 Å². The lowest BCUT2D eigenvalue weighted by Gasteiger charge is -2.06. The van der Waals surface area contributed by atoms with Gasteiger partial charge in [-0.2, -0.15) is 38.4 Å². The summed E-state index contributed by atoms with van der Waals surface area (Å²) in [7, 11) is 6.54. The quantitative estimate of drug-likeness (QED) is 0.634. The van der Waals surface area contributed by atoms with E-state index >= 15 is 0 Å². The van der Waals surface area contributed by atoms with Crippen LogP contribution in [-0.2, 0) is 38.4 Å². The van der Waals surface area contributed by atoms with E-state index in [4.69, 9.17) is 57.3 Å². The van der Waals surface area contributed by atoms with Gasteiger partial charge < -0.3 is 18.9 Å². The zero-order valence-corrected chi connectivity index (χ0v) is 18.4. The van der Waals surface area contributed by atoms with E-state index in [0.717, 1.165) is 23.0 Å². The van der Waals surface area contributed by atoms with Crippen LogP contribution >= 0.6 is 0 Å². The Labute approximate surface area is 189 Å². The Morgan fingerprint density at radius 3 is 1.18 bits per heavy atom. The highest BCUT2D eigenvalue weighted by molar-refractivity contribution is 5.42. The Kier molecular flexibility index (Phi) is 31.7. The number of carbonyl (C=O) groups excluding carboxylic acids is 8. The molecule has 0 bridgehead atoms. The number of aryl methyl sites for hydroxylation is 1. The van der Waals surface area contributed by atoms with E-state index in [1.54, 1.807) is 28.4 Å². The van der Waals surface area contributed by atoms with Crippen LogP contribution in [0.4, 0.5) is 0 Å². The minimum absolute atomic E-state index is 0.250. The van der Waals surface area contributed by atoms with Crippen molar-refractivity contribution in [2.75, 3.05) is 28.4 Å². The summed E-state index contributed by atoms with van der Waals surface area (Å²) in [6.07, 6.45) is 1.00. The number of methoxy groups -OCH3 is 4. The van der Waals surface area contributed by atoms with Gasteiger partial charge in [-0.25, -0.2) is 0 Å². The van der Waals surface area contributed by atoms with E-state index in [1.807, 2.05) is 49.4 Å². The summed E-state index contributed by atoms with van der Waals surface area (Å²) in [5.74, 6) is 3.20. The Morgan fingerprint density at radius 1 is 0.515 bits per heavy atom. The molecule has 2 aromatic carbocycles. The van der Waals surface area contributed by atoms with Gasteiger partial charge in [-0.05, 0) is 36.8 Å². The molecule has 0 fully saturated rings. The molecular formula is C21H22O12. The van der Waals surface area contributed by atoms with Gasteiger partial charge in [-0.3, -0.25) is 0 Å². The van der Waals surface area contributed by atoms with E-state index in [1.165, 1.54) is 5.56 Å². The van der Waals surface area contributed by atoms with Gasteiger partial charge in [0.05, 0.1) is 28.4 Å². The molecule has 2 rings (SSSR count). The van der Waals surface area contributed by atoms with Crippen molar-refractivity contribution in [2.24, 2.45) is 0 Å². The van der Waals surface area contributed by atoms with Gasteiger partial charge in [0, 0.05) is 6.07 Å². The average Bonchev–Trinajstić information content (AvgIpc) is 2.81. The predicted molar refractivity (Wildman–Crippen MR) is 104 cm³/mol. The van der Waals surface area contributed by atoms with Crippen LogP contribution in [0.5, 0.6) is 23.0 Å². The molecule has 0 unspecified atom stereocenters. The number of benzene rings is 2. The van der Waals surface area contributed by atoms with Crippen LogP contribution in [0.15, 0.2) is 42.5 Å². The summed E-state index contributed by atoms with van der Waals surface area (Å²) in [6, 6.07) is 13.3. The Hall–Kier alpha value is -4.84. The molecule has 0 saturated carbocycles. The van der Waals surface area contributed by atoms with Crippen molar-refractivity contribution in [3.63, 3.8) is 0 Å². The first kappa shape index (κ1) is 35.6. The van der Waals surface area contributed by atoms with Crippen molar-refractivity contribution >= 4 is 24.6 Å². The van der Waals surface area contributed by atoms with E-state index in [-0.39, 0.29) is 24.6 Å². The van der Waals surface area contributed by atoms with Crippen LogP contribution in [-0.4, -0.2) is 53.0 Å². The van der Waals surface area contributed by atoms with Gasteiger partial charge in [-0.1, -0.05) is 12.1 Å². The molecule has 0 aliphatic carbocycles. The third kappa shape index (κ3) is 25.1. The fourth-order valence-corrected chi connectivity index (χ4v) is 1.67. The first-order valence-corrected chi connectivity index (χ1v) is 8.14. The molecule has 0 aliphatic rings. The van der Waals surface area contributed by atoms with Crippen LogP contribution in [0, 0.1) is 6.92 Å². The molecule has 0 atom stereocenters. The van der Waals surface area contributed by atoms with Crippen molar-refractivity contribution in [1.82, 2.24) is 0 Å². The molecule has 0 N–H and O–H groups in total. The van der Waals surface area contributed by atoms with Gasteiger partial charge in [0.15, 0.2) is 11.5 Å². The number of ether oxygens (including phenoxy) is 4. The average molecular weight is 466 g/mol. The second-order valence-electron chi connectivity index (χ2n) is 4.57. The maximum atomic E-state index is 8.12. The van der Waals surface area contributed by atoms with E-state index in [0.29, 0.717) is 0 Å². The molecule has 0 aromatic heterocycles. The molecule has 0 amide bonds. The zero-order chi connectivity index (χ0) is 26.5. The van der Waals surface area contributed by atoms with Crippen molar-refractivity contribution in [2.45, 2.75) is 6.92 Å². The van der Waals surface area contributed by atoms with Crippen LogP contribution in [0.3, 0.4) is 0 Å². The van der Waals surface area contributed by atoms with Crippen molar-refractivity contribution in [3.05, 3.63) is 48.0 Å². The predicted octanol–water partition coefficient (Wildman–Crippen LogP) is 1.38. The molecular weight excluding hydrogens is 444 g/mol. The molecule has 0 spiro atoms. The van der Waals surface area contributed by atoms with Gasteiger partial charge in [-0.15, -0.1) is 0 Å². The fraction of sp³-hybridized carbons (Fsp3) is 0.238. The summed E-state index contributed by atoms with van der Waals surface area (Å²) in [4.78, 5) is 65.0. The number of hydrogen-bond acceptors (Lipinski definition) is 12. The van der Waals surface area contributed by atoms with E-state index in [2.05, 4.69) is 0 Å². The zero-order valence-electron chi connectivity index (χ0n) is 18.4. The molecule has 12 heteroatoms. The van der Waals surface area contributed by atoms with Crippen LogP contribution in [0.2, 0.25) is 0 Å². The van der Waals surface area contributed by atoms with Gasteiger partial charge in [0.2, 0.25) is 0 Å². The third-order valence-corrected chi connectivity index (χ3v) is 2.82. The third-order valence-electron chi connectivity index (χ3n) is 2.82. The molecule has 0 heterocycles. The van der Waals surface area contributed by atoms with Crippen LogP contribution < -0.4 is 18.9 Å². The second kappa shape index (κ2) is 29.4. The largest absolute Gasteiger partial charge is 0.497 e. The normalized spacial score (nSPS) is 6.82. The lowest BCUT2D eigenvalue weighted by atomic mass is 10.2. The highest BCUT2D eigenvalue weighted by Crippen LogP contribution is 2.26. The van der Waals surface area contributed by atoms with E-state index < -0.39 is 0 Å². The van der Waals surface area contributed by atoms with Gasteiger partial charge >= 0.3 is 24.6 Å². The fourth-order valence-electron chi connectivity index (χ4n) is 1.67. The van der Waals surface area contributed by atoms with Crippen LogP contribution in [0.1, 0.15) is 5.56 Å². The maximum absolute atomic E-state index is 8.12. The molecule has 0 radical (unpaired) electrons. The second-order valence-corrected chi connectivity index (χ2v) is 4.57. The Morgan fingerprint density at radius 2 is 0.879 bits per heavy atom. The SMILES string of the molecule is COc1ccc(C)cc1OC.COc1cccc(OC)c1.O=C=O.O=C=O.O=C=O.O=C=O. The van der Waals surface area contributed by atoms with Crippen molar-refractivity contribution in [1.29, 1.82) is 0 Å². The Bertz CT molecular complexity index is 817. The minimum Gasteiger partial charge on any atom is -0.497 e. The molecule has 0 aliphatic heterocycles. The minimum atomic E-state index is 0.250. The van der Waals surface area contributed by atoms with Gasteiger partial charge in [0.25, 0.3) is 0 Å². The highest BCUT2D eigenvalue weighted by Gasteiger charge is 2.00. The van der Waals surface area contributed by atoms with Crippen LogP contribution in [0.25, 0.3) is 0 Å².